The number of carboxylic acid groups (broad SMARTS) is 1. The number of hydrogen-bond acceptors (Lipinski definition) is 3. The number of benzene rings is 3. The number of carboxylic acids is 1. The Morgan fingerprint density at radius 2 is 1.62 bits per heavy atom. The first-order valence-corrected chi connectivity index (χ1v) is 9.28. The first-order chi connectivity index (χ1) is 12.5. The number of rotatable bonds is 2. The molecule has 3 aromatic rings. The van der Waals surface area contributed by atoms with Gasteiger partial charge < -0.3 is 5.11 Å². The lowest BCUT2D eigenvalue weighted by atomic mass is 10.0. The maximum Gasteiger partial charge on any atom is 0.335 e. The Balaban J connectivity index is 1.97. The number of fused-ring (bicyclic) bond motifs is 2. The molecular formula is C20H11Cl2NO2S. The molecule has 3 aromatic carbocycles. The van der Waals surface area contributed by atoms with Gasteiger partial charge >= 0.3 is 5.97 Å². The van der Waals surface area contributed by atoms with E-state index in [4.69, 9.17) is 28.2 Å². The number of carbonyl (C=O) groups is 1. The van der Waals surface area contributed by atoms with Gasteiger partial charge in [0.2, 0.25) is 0 Å². The summed E-state index contributed by atoms with van der Waals surface area (Å²) in [4.78, 5) is 18.0. The lowest BCUT2D eigenvalue weighted by molar-refractivity contribution is 0.0697. The molecule has 0 radical (unpaired) electrons. The van der Waals surface area contributed by atoms with Crippen molar-refractivity contribution in [2.75, 3.05) is 0 Å². The Kier molecular flexibility index (Phi) is 4.49. The van der Waals surface area contributed by atoms with Crippen LogP contribution in [0.2, 0.25) is 10.0 Å². The van der Waals surface area contributed by atoms with Crippen LogP contribution in [0.4, 0.5) is 5.69 Å². The van der Waals surface area contributed by atoms with Crippen LogP contribution in [-0.2, 0) is 0 Å². The topological polar surface area (TPSA) is 49.7 Å². The lowest BCUT2D eigenvalue weighted by Gasteiger charge is -2.09. The van der Waals surface area contributed by atoms with Gasteiger partial charge in [-0.15, -0.1) is 0 Å². The summed E-state index contributed by atoms with van der Waals surface area (Å²) < 4.78 is 0. The third-order valence-corrected chi connectivity index (χ3v) is 5.58. The fourth-order valence-corrected chi connectivity index (χ4v) is 4.13. The number of aliphatic imine (C=N–C) groups is 1. The molecule has 26 heavy (non-hydrogen) atoms. The molecule has 4 rings (SSSR count). The molecule has 6 heteroatoms. The number of aromatic carboxylic acids is 1. The summed E-state index contributed by atoms with van der Waals surface area (Å²) in [7, 11) is 0. The average molecular weight is 400 g/mol. The Hall–Kier alpha value is -2.27. The molecule has 0 amide bonds. The Morgan fingerprint density at radius 3 is 2.35 bits per heavy atom. The molecule has 1 N–H and O–H groups in total. The van der Waals surface area contributed by atoms with Crippen molar-refractivity contribution in [3.05, 3.63) is 87.4 Å². The van der Waals surface area contributed by atoms with Crippen molar-refractivity contribution in [3.63, 3.8) is 0 Å². The minimum Gasteiger partial charge on any atom is -0.478 e. The van der Waals surface area contributed by atoms with Crippen LogP contribution < -0.4 is 0 Å². The predicted octanol–water partition coefficient (Wildman–Crippen LogP) is 6.33. The normalized spacial score (nSPS) is 12.6. The van der Waals surface area contributed by atoms with Gasteiger partial charge in [-0.3, -0.25) is 0 Å². The van der Waals surface area contributed by atoms with E-state index in [1.807, 2.05) is 42.5 Å². The molecule has 0 bridgehead atoms. The van der Waals surface area contributed by atoms with Crippen molar-refractivity contribution in [1.82, 2.24) is 0 Å². The van der Waals surface area contributed by atoms with Crippen LogP contribution in [0.5, 0.6) is 0 Å². The molecule has 3 nitrogen and oxygen atoms in total. The van der Waals surface area contributed by atoms with Crippen LogP contribution in [0, 0.1) is 0 Å². The highest BCUT2D eigenvalue weighted by Gasteiger charge is 2.20. The molecular weight excluding hydrogens is 389 g/mol. The number of halogens is 2. The molecule has 0 fully saturated rings. The van der Waals surface area contributed by atoms with E-state index in [2.05, 4.69) is 0 Å². The third-order valence-electron chi connectivity index (χ3n) is 3.97. The SMILES string of the molecule is O=C(O)c1ccc2c(c1)N=C(c1ccc(Cl)cc1)c1ccc(Cl)cc1S2. The van der Waals surface area contributed by atoms with Crippen molar-refractivity contribution in [3.8, 4) is 0 Å². The first kappa shape index (κ1) is 17.2. The van der Waals surface area contributed by atoms with Gasteiger partial charge in [0.25, 0.3) is 0 Å². The summed E-state index contributed by atoms with van der Waals surface area (Å²) in [6.07, 6.45) is 0. The quantitative estimate of drug-likeness (QED) is 0.428. The molecule has 0 saturated heterocycles. The van der Waals surface area contributed by atoms with E-state index in [-0.39, 0.29) is 5.56 Å². The van der Waals surface area contributed by atoms with Gasteiger partial charge in [-0.25, -0.2) is 9.79 Å². The highest BCUT2D eigenvalue weighted by molar-refractivity contribution is 7.99. The fraction of sp³-hybridized carbons (Fsp3) is 0. The van der Waals surface area contributed by atoms with E-state index in [0.29, 0.717) is 15.7 Å². The molecule has 0 aliphatic carbocycles. The standard InChI is InChI=1S/C20H11Cl2NO2S/c21-13-4-1-11(2-5-13)19-15-7-6-14(22)10-18(15)26-17-8-3-12(20(24)25)9-16(17)23-19/h1-10H,(H,24,25). The van der Waals surface area contributed by atoms with E-state index in [1.165, 1.54) is 11.8 Å². The summed E-state index contributed by atoms with van der Waals surface area (Å²) in [5.74, 6) is -0.981. The Morgan fingerprint density at radius 1 is 0.885 bits per heavy atom. The lowest BCUT2D eigenvalue weighted by Crippen LogP contribution is -2.04. The minimum absolute atomic E-state index is 0.201. The van der Waals surface area contributed by atoms with Crippen LogP contribution in [0.15, 0.2) is 75.4 Å². The molecule has 0 atom stereocenters. The monoisotopic (exact) mass is 399 g/mol. The zero-order valence-corrected chi connectivity index (χ0v) is 15.6. The molecule has 0 saturated carbocycles. The molecule has 1 aliphatic heterocycles. The zero-order chi connectivity index (χ0) is 18.3. The Labute approximate surface area is 164 Å². The van der Waals surface area contributed by atoms with Gasteiger partial charge in [-0.1, -0.05) is 53.2 Å². The van der Waals surface area contributed by atoms with Crippen LogP contribution >= 0.6 is 35.0 Å². The average Bonchev–Trinajstić information content (AvgIpc) is 2.77. The van der Waals surface area contributed by atoms with Gasteiger partial charge in [-0.2, -0.15) is 0 Å². The van der Waals surface area contributed by atoms with Crippen LogP contribution in [0.25, 0.3) is 0 Å². The largest absolute Gasteiger partial charge is 0.478 e. The Bertz CT molecular complexity index is 1060. The molecule has 128 valence electrons. The van der Waals surface area contributed by atoms with Gasteiger partial charge in [0.05, 0.1) is 17.0 Å². The molecule has 0 aromatic heterocycles. The second-order valence-electron chi connectivity index (χ2n) is 5.70. The van der Waals surface area contributed by atoms with Gasteiger partial charge in [0.15, 0.2) is 0 Å². The smallest absolute Gasteiger partial charge is 0.335 e. The highest BCUT2D eigenvalue weighted by atomic mass is 35.5. The summed E-state index contributed by atoms with van der Waals surface area (Å²) in [5, 5.41) is 10.6. The molecule has 1 heterocycles. The van der Waals surface area contributed by atoms with Gasteiger partial charge in [-0.05, 0) is 42.5 Å². The van der Waals surface area contributed by atoms with E-state index < -0.39 is 5.97 Å². The third kappa shape index (κ3) is 3.23. The first-order valence-electron chi connectivity index (χ1n) is 7.71. The van der Waals surface area contributed by atoms with E-state index in [1.54, 1.807) is 18.2 Å². The second kappa shape index (κ2) is 6.80. The van der Waals surface area contributed by atoms with Crippen molar-refractivity contribution in [2.45, 2.75) is 9.79 Å². The van der Waals surface area contributed by atoms with Crippen molar-refractivity contribution < 1.29 is 9.90 Å². The van der Waals surface area contributed by atoms with Crippen molar-refractivity contribution >= 4 is 52.3 Å². The number of hydrogen-bond donors (Lipinski definition) is 1. The van der Waals surface area contributed by atoms with Crippen LogP contribution in [0.3, 0.4) is 0 Å². The fourth-order valence-electron chi connectivity index (χ4n) is 2.73. The molecule has 0 unspecified atom stereocenters. The predicted molar refractivity (Wildman–Crippen MR) is 106 cm³/mol. The maximum atomic E-state index is 11.3. The van der Waals surface area contributed by atoms with E-state index in [9.17, 15) is 9.90 Å². The summed E-state index contributed by atoms with van der Waals surface area (Å²) >= 11 is 13.7. The van der Waals surface area contributed by atoms with Gasteiger partial charge in [0.1, 0.15) is 0 Å². The van der Waals surface area contributed by atoms with Crippen molar-refractivity contribution in [1.29, 1.82) is 0 Å². The highest BCUT2D eigenvalue weighted by Crippen LogP contribution is 2.42. The summed E-state index contributed by atoms with van der Waals surface area (Å²) in [6, 6.07) is 18.0. The molecule has 0 spiro atoms. The summed E-state index contributed by atoms with van der Waals surface area (Å²) in [6.45, 7) is 0. The van der Waals surface area contributed by atoms with Crippen molar-refractivity contribution in [2.24, 2.45) is 4.99 Å². The zero-order valence-electron chi connectivity index (χ0n) is 13.2. The minimum atomic E-state index is -0.981. The van der Waals surface area contributed by atoms with Crippen LogP contribution in [0.1, 0.15) is 21.5 Å². The van der Waals surface area contributed by atoms with E-state index >= 15 is 0 Å². The van der Waals surface area contributed by atoms with E-state index in [0.717, 1.165) is 26.6 Å². The molecule has 1 aliphatic rings. The second-order valence-corrected chi connectivity index (χ2v) is 7.65. The number of nitrogens with zero attached hydrogens (tertiary/aromatic N) is 1. The van der Waals surface area contributed by atoms with Crippen LogP contribution in [-0.4, -0.2) is 16.8 Å². The van der Waals surface area contributed by atoms with Gasteiger partial charge in [0, 0.05) is 31.0 Å². The summed E-state index contributed by atoms with van der Waals surface area (Å²) in [5.41, 5.74) is 3.41. The maximum absolute atomic E-state index is 11.3.